The number of hydrogen-bond donors (Lipinski definition) is 1. The molecule has 0 radical (unpaired) electrons. The Morgan fingerprint density at radius 3 is 2.72 bits per heavy atom. The standard InChI is InChI=1S/C15H20F2N4O4/c1-20-7-9(10(19-20)12(16)17)18-14(23)21-8-15(3-5-25-6-4-15)11(21)13(22)24-2/h7,11-12H,3-6,8H2,1-2H3,(H,18,23). The van der Waals surface area contributed by atoms with E-state index in [0.29, 0.717) is 32.6 Å². The van der Waals surface area contributed by atoms with Gasteiger partial charge in [-0.05, 0) is 12.8 Å². The van der Waals surface area contributed by atoms with Gasteiger partial charge in [0, 0.05) is 38.4 Å². The number of nitrogens with one attached hydrogen (secondary N) is 1. The zero-order chi connectivity index (χ0) is 18.2. The van der Waals surface area contributed by atoms with Gasteiger partial charge in [0.25, 0.3) is 6.43 Å². The molecule has 2 aliphatic heterocycles. The molecule has 0 bridgehead atoms. The molecule has 0 aromatic carbocycles. The smallest absolute Gasteiger partial charge is 0.329 e. The van der Waals surface area contributed by atoms with Crippen LogP contribution in [-0.4, -0.2) is 59.6 Å². The highest BCUT2D eigenvalue weighted by molar-refractivity contribution is 5.94. The lowest BCUT2D eigenvalue weighted by atomic mass is 9.66. The van der Waals surface area contributed by atoms with E-state index < -0.39 is 30.2 Å². The van der Waals surface area contributed by atoms with Gasteiger partial charge in [0.15, 0.2) is 5.69 Å². The number of carbonyl (C=O) groups excluding carboxylic acids is 2. The van der Waals surface area contributed by atoms with Gasteiger partial charge in [-0.3, -0.25) is 4.68 Å². The number of anilines is 1. The van der Waals surface area contributed by atoms with Gasteiger partial charge in [0.05, 0.1) is 12.8 Å². The Hall–Kier alpha value is -2.23. The number of urea groups is 1. The maximum atomic E-state index is 13.0. The molecule has 25 heavy (non-hydrogen) atoms. The van der Waals surface area contributed by atoms with Crippen LogP contribution in [0.5, 0.6) is 0 Å². The molecule has 1 aromatic heterocycles. The van der Waals surface area contributed by atoms with Crippen molar-refractivity contribution < 1.29 is 27.8 Å². The van der Waals surface area contributed by atoms with E-state index in [4.69, 9.17) is 9.47 Å². The molecule has 0 aliphatic carbocycles. The van der Waals surface area contributed by atoms with Gasteiger partial charge < -0.3 is 19.7 Å². The number of esters is 1. The normalized spacial score (nSPS) is 22.0. The van der Waals surface area contributed by atoms with E-state index in [2.05, 4.69) is 10.4 Å². The lowest BCUT2D eigenvalue weighted by molar-refractivity contribution is -0.171. The first-order valence-electron chi connectivity index (χ1n) is 7.93. The molecule has 1 aromatic rings. The Balaban J connectivity index is 1.77. The minimum absolute atomic E-state index is 0.0703. The molecule has 2 fully saturated rings. The first-order chi connectivity index (χ1) is 11.9. The van der Waals surface area contributed by atoms with E-state index in [-0.39, 0.29) is 11.1 Å². The third-order valence-corrected chi connectivity index (χ3v) is 4.86. The highest BCUT2D eigenvalue weighted by Gasteiger charge is 2.59. The van der Waals surface area contributed by atoms with E-state index in [1.54, 1.807) is 0 Å². The van der Waals surface area contributed by atoms with Crippen molar-refractivity contribution in [1.29, 1.82) is 0 Å². The Morgan fingerprint density at radius 2 is 2.12 bits per heavy atom. The van der Waals surface area contributed by atoms with Gasteiger partial charge in [-0.2, -0.15) is 5.10 Å². The van der Waals surface area contributed by atoms with Crippen molar-refractivity contribution in [3.05, 3.63) is 11.9 Å². The molecule has 1 atom stereocenters. The summed E-state index contributed by atoms with van der Waals surface area (Å²) in [6.45, 7) is 1.38. The topological polar surface area (TPSA) is 85.7 Å². The first-order valence-corrected chi connectivity index (χ1v) is 7.93. The molecule has 0 saturated carbocycles. The molecule has 3 rings (SSSR count). The molecular weight excluding hydrogens is 338 g/mol. The maximum Gasteiger partial charge on any atom is 0.329 e. The van der Waals surface area contributed by atoms with Crippen LogP contribution >= 0.6 is 0 Å². The van der Waals surface area contributed by atoms with Gasteiger partial charge in [-0.15, -0.1) is 0 Å². The number of ether oxygens (including phenoxy) is 2. The minimum atomic E-state index is -2.81. The molecule has 8 nitrogen and oxygen atoms in total. The predicted octanol–water partition coefficient (Wildman–Crippen LogP) is 1.54. The van der Waals surface area contributed by atoms with Crippen molar-refractivity contribution >= 4 is 17.7 Å². The Kier molecular flexibility index (Phi) is 4.63. The number of likely N-dealkylation sites (tertiary alicyclic amines) is 1. The molecule has 138 valence electrons. The average molecular weight is 358 g/mol. The zero-order valence-corrected chi connectivity index (χ0v) is 14.0. The maximum absolute atomic E-state index is 13.0. The van der Waals surface area contributed by atoms with Gasteiger partial charge in [0.2, 0.25) is 0 Å². The van der Waals surface area contributed by atoms with E-state index in [1.807, 2.05) is 0 Å². The number of hydrogen-bond acceptors (Lipinski definition) is 5. The fraction of sp³-hybridized carbons (Fsp3) is 0.667. The molecule has 1 unspecified atom stereocenters. The fourth-order valence-electron chi connectivity index (χ4n) is 3.57. The summed E-state index contributed by atoms with van der Waals surface area (Å²) in [6.07, 6.45) is -0.223. The summed E-state index contributed by atoms with van der Waals surface area (Å²) in [7, 11) is 2.75. The van der Waals surface area contributed by atoms with Crippen LogP contribution in [0.25, 0.3) is 0 Å². The van der Waals surface area contributed by atoms with Gasteiger partial charge >= 0.3 is 12.0 Å². The number of halogens is 2. The SMILES string of the molecule is COC(=O)C1N(C(=O)Nc2cn(C)nc2C(F)F)CC12CCOCC2. The summed E-state index contributed by atoms with van der Waals surface area (Å²) in [4.78, 5) is 26.0. The number of aryl methyl sites for hydroxylation is 1. The second-order valence-electron chi connectivity index (χ2n) is 6.36. The lowest BCUT2D eigenvalue weighted by Crippen LogP contribution is -2.71. The van der Waals surface area contributed by atoms with Crippen LogP contribution < -0.4 is 5.32 Å². The number of aromatic nitrogens is 2. The Bertz CT molecular complexity index is 672. The number of alkyl halides is 2. The number of amides is 2. The second kappa shape index (κ2) is 6.58. The minimum Gasteiger partial charge on any atom is -0.467 e. The first kappa shape index (κ1) is 17.6. The van der Waals surface area contributed by atoms with Gasteiger partial charge in [-0.1, -0.05) is 0 Å². The summed E-state index contributed by atoms with van der Waals surface area (Å²) >= 11 is 0. The van der Waals surface area contributed by atoms with Crippen molar-refractivity contribution in [3.8, 4) is 0 Å². The van der Waals surface area contributed by atoms with Crippen molar-refractivity contribution in [1.82, 2.24) is 14.7 Å². The van der Waals surface area contributed by atoms with Crippen LogP contribution in [0.3, 0.4) is 0 Å². The Labute approximate surface area is 143 Å². The number of rotatable bonds is 3. The third-order valence-electron chi connectivity index (χ3n) is 4.86. The molecule has 3 heterocycles. The van der Waals surface area contributed by atoms with Crippen molar-refractivity contribution in [2.75, 3.05) is 32.2 Å². The third kappa shape index (κ3) is 3.06. The Morgan fingerprint density at radius 1 is 1.44 bits per heavy atom. The van der Waals surface area contributed by atoms with Gasteiger partial charge in [-0.25, -0.2) is 18.4 Å². The number of methoxy groups -OCH3 is 1. The number of nitrogens with zero attached hydrogens (tertiary/aromatic N) is 3. The largest absolute Gasteiger partial charge is 0.467 e. The fourth-order valence-corrected chi connectivity index (χ4v) is 3.57. The van der Waals surface area contributed by atoms with Crippen molar-refractivity contribution in [3.63, 3.8) is 0 Å². The monoisotopic (exact) mass is 358 g/mol. The van der Waals surface area contributed by atoms with Crippen molar-refractivity contribution in [2.24, 2.45) is 12.5 Å². The zero-order valence-electron chi connectivity index (χ0n) is 14.0. The molecule has 10 heteroatoms. The molecule has 2 saturated heterocycles. The molecule has 1 spiro atoms. The van der Waals surface area contributed by atoms with Crippen LogP contribution in [0.4, 0.5) is 19.3 Å². The van der Waals surface area contributed by atoms with E-state index in [1.165, 1.54) is 29.9 Å². The van der Waals surface area contributed by atoms with Crippen LogP contribution in [0.15, 0.2) is 6.20 Å². The summed E-state index contributed by atoms with van der Waals surface area (Å²) in [5, 5.41) is 6.08. The highest BCUT2D eigenvalue weighted by Crippen LogP contribution is 2.46. The summed E-state index contributed by atoms with van der Waals surface area (Å²) in [6, 6.07) is -1.37. The lowest BCUT2D eigenvalue weighted by Gasteiger charge is -2.56. The van der Waals surface area contributed by atoms with E-state index in [9.17, 15) is 18.4 Å². The summed E-state index contributed by atoms with van der Waals surface area (Å²) < 4.78 is 37.4. The van der Waals surface area contributed by atoms with Gasteiger partial charge in [0.1, 0.15) is 6.04 Å². The molecule has 1 N–H and O–H groups in total. The molecular formula is C15H20F2N4O4. The summed E-state index contributed by atoms with van der Waals surface area (Å²) in [5.41, 5.74) is -0.950. The summed E-state index contributed by atoms with van der Waals surface area (Å²) in [5.74, 6) is -0.511. The van der Waals surface area contributed by atoms with Crippen LogP contribution in [0.2, 0.25) is 0 Å². The van der Waals surface area contributed by atoms with E-state index in [0.717, 1.165) is 0 Å². The molecule has 2 amide bonds. The predicted molar refractivity (Wildman–Crippen MR) is 82.2 cm³/mol. The second-order valence-corrected chi connectivity index (χ2v) is 6.36. The van der Waals surface area contributed by atoms with E-state index >= 15 is 0 Å². The highest BCUT2D eigenvalue weighted by atomic mass is 19.3. The molecule has 2 aliphatic rings. The van der Waals surface area contributed by atoms with Crippen LogP contribution in [-0.2, 0) is 21.3 Å². The van der Waals surface area contributed by atoms with Crippen molar-refractivity contribution in [2.45, 2.75) is 25.3 Å². The van der Waals surface area contributed by atoms with Crippen LogP contribution in [0.1, 0.15) is 25.0 Å². The average Bonchev–Trinajstić information content (AvgIpc) is 2.94. The number of carbonyl (C=O) groups is 2. The van der Waals surface area contributed by atoms with Crippen LogP contribution in [0, 0.1) is 5.41 Å². The quantitative estimate of drug-likeness (QED) is 0.829.